The molecule has 0 radical (unpaired) electrons. The van der Waals surface area contributed by atoms with Crippen molar-refractivity contribution < 1.29 is 19.7 Å². The van der Waals surface area contributed by atoms with E-state index in [2.05, 4.69) is 40.7 Å². The summed E-state index contributed by atoms with van der Waals surface area (Å²) < 4.78 is 6.13. The number of carbonyl (C=O) groups is 1. The van der Waals surface area contributed by atoms with Crippen LogP contribution in [0.5, 0.6) is 0 Å². The molecule has 0 aromatic carbocycles. The molecule has 9 atom stereocenters. The molecule has 4 nitrogen and oxygen atoms in total. The monoisotopic (exact) mass is 460 g/mol. The van der Waals surface area contributed by atoms with Crippen molar-refractivity contribution in [3.8, 4) is 0 Å². The van der Waals surface area contributed by atoms with Crippen LogP contribution in [-0.2, 0) is 9.53 Å². The van der Waals surface area contributed by atoms with E-state index in [1.54, 1.807) is 0 Å². The number of aliphatic hydroxyl groups excluding tert-OH is 1. The molecule has 3 saturated carbocycles. The van der Waals surface area contributed by atoms with Gasteiger partial charge in [0.05, 0.1) is 12.2 Å². The van der Waals surface area contributed by atoms with E-state index < -0.39 is 5.97 Å². The molecule has 4 aliphatic carbocycles. The number of carboxylic acid groups (broad SMARTS) is 1. The molecule has 0 bridgehead atoms. The number of carboxylic acids is 1. The molecule has 0 aliphatic heterocycles. The highest BCUT2D eigenvalue weighted by molar-refractivity contribution is 5.68. The van der Waals surface area contributed by atoms with Crippen LogP contribution in [-0.4, -0.2) is 35.0 Å². The molecule has 0 heterocycles. The molecule has 0 aromatic heterocycles. The third kappa shape index (κ3) is 4.68. The molecule has 4 aliphatic rings. The van der Waals surface area contributed by atoms with Crippen LogP contribution in [0.1, 0.15) is 98.8 Å². The Bertz CT molecular complexity index is 744. The van der Waals surface area contributed by atoms with E-state index in [9.17, 15) is 15.0 Å². The van der Waals surface area contributed by atoms with Gasteiger partial charge in [-0.3, -0.25) is 0 Å². The summed E-state index contributed by atoms with van der Waals surface area (Å²) in [4.78, 5) is 11.4. The largest absolute Gasteiger partial charge is 0.480 e. The summed E-state index contributed by atoms with van der Waals surface area (Å²) in [5.41, 5.74) is 1.80. The van der Waals surface area contributed by atoms with Crippen molar-refractivity contribution in [1.82, 2.24) is 0 Å². The summed E-state index contributed by atoms with van der Waals surface area (Å²) in [7, 11) is 0. The number of aliphatic hydroxyl groups is 1. The van der Waals surface area contributed by atoms with Crippen LogP contribution >= 0.6 is 0 Å². The minimum Gasteiger partial charge on any atom is -0.480 e. The lowest BCUT2D eigenvalue weighted by atomic mass is 9.46. The Morgan fingerprint density at radius 3 is 2.55 bits per heavy atom. The van der Waals surface area contributed by atoms with Crippen LogP contribution in [0.2, 0.25) is 0 Å². The molecule has 0 unspecified atom stereocenters. The van der Waals surface area contributed by atoms with Crippen molar-refractivity contribution in [1.29, 1.82) is 0 Å². The van der Waals surface area contributed by atoms with Gasteiger partial charge in [-0.05, 0) is 91.3 Å². The van der Waals surface area contributed by atoms with Crippen LogP contribution in [0.4, 0.5) is 0 Å². The first-order chi connectivity index (χ1) is 15.6. The summed E-state index contributed by atoms with van der Waals surface area (Å²) in [6, 6.07) is 0. The molecular formula is C29H48O4. The fourth-order valence-electron chi connectivity index (χ4n) is 8.95. The van der Waals surface area contributed by atoms with Gasteiger partial charge in [-0.25, -0.2) is 4.79 Å². The third-order valence-electron chi connectivity index (χ3n) is 10.7. The normalized spacial score (nSPS) is 43.4. The zero-order valence-corrected chi connectivity index (χ0v) is 21.7. The van der Waals surface area contributed by atoms with E-state index in [0.717, 1.165) is 37.0 Å². The van der Waals surface area contributed by atoms with Gasteiger partial charge in [-0.1, -0.05) is 65.5 Å². The highest BCUT2D eigenvalue weighted by Crippen LogP contribution is 2.67. The predicted molar refractivity (Wildman–Crippen MR) is 132 cm³/mol. The molecule has 33 heavy (non-hydrogen) atoms. The van der Waals surface area contributed by atoms with Gasteiger partial charge in [0.15, 0.2) is 0 Å². The van der Waals surface area contributed by atoms with Crippen molar-refractivity contribution >= 4 is 5.97 Å². The van der Waals surface area contributed by atoms with Gasteiger partial charge in [0.1, 0.15) is 6.61 Å². The summed E-state index contributed by atoms with van der Waals surface area (Å²) in [5.74, 6) is 2.96. The van der Waals surface area contributed by atoms with Gasteiger partial charge in [-0.2, -0.15) is 0 Å². The number of ether oxygens (including phenoxy) is 1. The predicted octanol–water partition coefficient (Wildman–Crippen LogP) is 6.47. The molecular weight excluding hydrogens is 412 g/mol. The van der Waals surface area contributed by atoms with Gasteiger partial charge in [-0.15, -0.1) is 0 Å². The quantitative estimate of drug-likeness (QED) is 0.407. The van der Waals surface area contributed by atoms with E-state index >= 15 is 0 Å². The van der Waals surface area contributed by atoms with Crippen molar-refractivity contribution in [2.75, 3.05) is 6.61 Å². The number of rotatable bonds is 8. The average molecular weight is 461 g/mol. The highest BCUT2D eigenvalue weighted by Gasteiger charge is 2.61. The van der Waals surface area contributed by atoms with E-state index in [1.165, 1.54) is 50.5 Å². The number of fused-ring (bicyclic) bond motifs is 5. The van der Waals surface area contributed by atoms with Gasteiger partial charge in [0.2, 0.25) is 0 Å². The lowest BCUT2D eigenvalue weighted by molar-refractivity contribution is -0.151. The second kappa shape index (κ2) is 9.64. The topological polar surface area (TPSA) is 66.8 Å². The van der Waals surface area contributed by atoms with Gasteiger partial charge in [0, 0.05) is 0 Å². The van der Waals surface area contributed by atoms with Crippen LogP contribution in [0.25, 0.3) is 0 Å². The maximum atomic E-state index is 11.4. The van der Waals surface area contributed by atoms with Gasteiger partial charge < -0.3 is 14.9 Å². The highest BCUT2D eigenvalue weighted by atomic mass is 16.5. The summed E-state index contributed by atoms with van der Waals surface area (Å²) >= 11 is 0. The molecule has 0 saturated heterocycles. The zero-order chi connectivity index (χ0) is 24.0. The maximum absolute atomic E-state index is 11.4. The second-order valence-electron chi connectivity index (χ2n) is 13.0. The Labute approximate surface area is 201 Å². The van der Waals surface area contributed by atoms with E-state index in [1.807, 2.05) is 0 Å². The minimum atomic E-state index is -0.886. The Kier molecular flexibility index (Phi) is 7.37. The van der Waals surface area contributed by atoms with Crippen molar-refractivity contribution in [3.63, 3.8) is 0 Å². The summed E-state index contributed by atoms with van der Waals surface area (Å²) in [6.45, 7) is 11.9. The first-order valence-electron chi connectivity index (χ1n) is 13.8. The zero-order valence-electron chi connectivity index (χ0n) is 21.7. The Morgan fingerprint density at radius 2 is 1.85 bits per heavy atom. The van der Waals surface area contributed by atoms with Crippen LogP contribution in [0.3, 0.4) is 0 Å². The number of hydrogen-bond donors (Lipinski definition) is 2. The molecule has 4 rings (SSSR count). The van der Waals surface area contributed by atoms with Crippen LogP contribution in [0.15, 0.2) is 11.6 Å². The van der Waals surface area contributed by atoms with Crippen molar-refractivity contribution in [2.45, 2.75) is 111 Å². The summed E-state index contributed by atoms with van der Waals surface area (Å²) in [5, 5.41) is 19.7. The molecule has 3 fully saturated rings. The fourth-order valence-corrected chi connectivity index (χ4v) is 8.95. The number of hydrogen-bond acceptors (Lipinski definition) is 3. The van der Waals surface area contributed by atoms with E-state index in [-0.39, 0.29) is 24.2 Å². The second-order valence-corrected chi connectivity index (χ2v) is 13.0. The minimum absolute atomic E-state index is 0.126. The lowest BCUT2D eigenvalue weighted by Gasteiger charge is -2.60. The molecule has 0 spiro atoms. The van der Waals surface area contributed by atoms with Gasteiger partial charge >= 0.3 is 5.97 Å². The van der Waals surface area contributed by atoms with E-state index in [0.29, 0.717) is 23.2 Å². The first kappa shape index (κ1) is 25.2. The third-order valence-corrected chi connectivity index (χ3v) is 10.7. The van der Waals surface area contributed by atoms with Gasteiger partial charge in [0.25, 0.3) is 0 Å². The SMILES string of the molecule is CC(C)CCC[C@H](C)[C@@H]1CC[C@@H]2[C@@H]3[C@@H](CC[C@]21C)[C@@]1(C)CC[C@H](O)CC1=C[C@H]3OCC(=O)O. The standard InChI is InChI=1S/C29H48O4/c1-18(2)7-6-8-19(3)22-9-10-23-27-24(12-14-29(22,23)5)28(4)13-11-21(30)15-20(28)16-25(27)33-17-26(31)32/h16,18-19,21-25,27,30H,6-15,17H2,1-5H3,(H,31,32)/t19-,21-,22-,23+,24+,25+,27+,28-,29-/m0/s1. The molecule has 4 heteroatoms. The van der Waals surface area contributed by atoms with Crippen LogP contribution < -0.4 is 0 Å². The van der Waals surface area contributed by atoms with Crippen molar-refractivity contribution in [3.05, 3.63) is 11.6 Å². The average Bonchev–Trinajstić information content (AvgIpc) is 3.09. The maximum Gasteiger partial charge on any atom is 0.329 e. The fraction of sp³-hybridized carbons (Fsp3) is 0.897. The smallest absolute Gasteiger partial charge is 0.329 e. The molecule has 188 valence electrons. The van der Waals surface area contributed by atoms with Crippen molar-refractivity contribution in [2.24, 2.45) is 46.3 Å². The Balaban J connectivity index is 1.60. The van der Waals surface area contributed by atoms with E-state index in [4.69, 9.17) is 4.74 Å². The molecule has 2 N–H and O–H groups in total. The number of aliphatic carboxylic acids is 1. The first-order valence-corrected chi connectivity index (χ1v) is 13.8. The Morgan fingerprint density at radius 1 is 1.09 bits per heavy atom. The van der Waals surface area contributed by atoms with Crippen LogP contribution in [0, 0.1) is 46.3 Å². The molecule has 0 aromatic rings. The Hall–Kier alpha value is -0.870. The summed E-state index contributed by atoms with van der Waals surface area (Å²) in [6.07, 6.45) is 13.6. The lowest BCUT2D eigenvalue weighted by Crippen LogP contribution is -2.55. The molecule has 0 amide bonds.